The molecule has 0 atom stereocenters. The summed E-state index contributed by atoms with van der Waals surface area (Å²) in [6.45, 7) is 2.36. The van der Waals surface area contributed by atoms with E-state index in [9.17, 15) is 22.0 Å². The van der Waals surface area contributed by atoms with Gasteiger partial charge in [-0.3, -0.25) is 0 Å². The van der Waals surface area contributed by atoms with Gasteiger partial charge in [-0.2, -0.15) is 8.78 Å². The molecule has 3 saturated carbocycles. The summed E-state index contributed by atoms with van der Waals surface area (Å²) >= 11 is 0. The molecule has 0 radical (unpaired) electrons. The molecule has 0 heterocycles. The molecule has 3 aliphatic carbocycles. The van der Waals surface area contributed by atoms with E-state index in [2.05, 4.69) is 11.7 Å². The predicted octanol–water partition coefficient (Wildman–Crippen LogP) is 9.25. The highest BCUT2D eigenvalue weighted by atomic mass is 19.3. The number of ether oxygens (including phenoxy) is 1. The van der Waals surface area contributed by atoms with Crippen molar-refractivity contribution in [2.45, 2.75) is 90.1 Å². The third-order valence-corrected chi connectivity index (χ3v) is 8.67. The monoisotopic (exact) mass is 464 g/mol. The Morgan fingerprint density at radius 3 is 1.50 bits per heavy atom. The van der Waals surface area contributed by atoms with Gasteiger partial charge in [-0.1, -0.05) is 19.8 Å². The van der Waals surface area contributed by atoms with Crippen molar-refractivity contribution in [3.8, 4) is 5.75 Å². The van der Waals surface area contributed by atoms with E-state index in [0.717, 1.165) is 30.6 Å². The number of alkyl halides is 2. The Kier molecular flexibility index (Phi) is 7.36. The summed E-state index contributed by atoms with van der Waals surface area (Å²) in [4.78, 5) is 0. The first-order valence-electron chi connectivity index (χ1n) is 12.4. The second-order valence-electron chi connectivity index (χ2n) is 10.7. The standard InChI is InChI=1S/C26H35F5O.3H2/c1-16-2-4-17(5-3-16)18-6-8-19(9-7-18)20-10-12-21(13-11-20)26(30,31)32-22-14-23(27)25(29)24(28)15-22;;;/h14-21H,2-13H2,1H3;3*1H. The molecule has 0 aromatic heterocycles. The Labute approximate surface area is 192 Å². The van der Waals surface area contributed by atoms with Gasteiger partial charge in [0, 0.05) is 16.4 Å². The van der Waals surface area contributed by atoms with Gasteiger partial charge < -0.3 is 4.74 Å². The average Bonchev–Trinajstić information content (AvgIpc) is 2.78. The molecule has 0 saturated heterocycles. The van der Waals surface area contributed by atoms with Crippen molar-refractivity contribution in [3.05, 3.63) is 29.6 Å². The Bertz CT molecular complexity index is 749. The van der Waals surface area contributed by atoms with Gasteiger partial charge in [0.05, 0.1) is 5.92 Å². The Hall–Kier alpha value is -1.33. The van der Waals surface area contributed by atoms with Crippen LogP contribution < -0.4 is 4.74 Å². The Morgan fingerprint density at radius 2 is 1.06 bits per heavy atom. The van der Waals surface area contributed by atoms with Crippen LogP contribution >= 0.6 is 0 Å². The van der Waals surface area contributed by atoms with Crippen molar-refractivity contribution in [1.82, 2.24) is 0 Å². The van der Waals surface area contributed by atoms with Crippen LogP contribution in [0.2, 0.25) is 0 Å². The number of hydrogen-bond donors (Lipinski definition) is 0. The van der Waals surface area contributed by atoms with E-state index >= 15 is 0 Å². The van der Waals surface area contributed by atoms with Crippen molar-refractivity contribution in [2.75, 3.05) is 0 Å². The molecule has 186 valence electrons. The molecule has 3 fully saturated rings. The van der Waals surface area contributed by atoms with E-state index in [-0.39, 0.29) is 4.28 Å². The van der Waals surface area contributed by atoms with Crippen LogP contribution in [-0.4, -0.2) is 6.11 Å². The number of rotatable bonds is 5. The molecule has 0 unspecified atom stereocenters. The maximum atomic E-state index is 14.7. The molecule has 0 spiro atoms. The van der Waals surface area contributed by atoms with Gasteiger partial charge in [-0.15, -0.1) is 0 Å². The minimum absolute atomic E-state index is 0. The molecular weight excluding hydrogens is 423 g/mol. The molecule has 0 amide bonds. The minimum atomic E-state index is -3.53. The number of halogens is 5. The summed E-state index contributed by atoms with van der Waals surface area (Å²) in [5.74, 6) is -2.69. The van der Waals surface area contributed by atoms with Gasteiger partial charge in [0.1, 0.15) is 5.75 Å². The minimum Gasteiger partial charge on any atom is -0.432 e. The van der Waals surface area contributed by atoms with Crippen LogP contribution in [0.4, 0.5) is 22.0 Å². The van der Waals surface area contributed by atoms with E-state index in [0.29, 0.717) is 36.8 Å². The molecule has 1 aromatic rings. The first-order valence-corrected chi connectivity index (χ1v) is 12.4. The molecule has 1 aromatic carbocycles. The molecule has 1 nitrogen and oxygen atoms in total. The van der Waals surface area contributed by atoms with Crippen molar-refractivity contribution in [1.29, 1.82) is 0 Å². The summed E-state index contributed by atoms with van der Waals surface area (Å²) in [6, 6.07) is 0.951. The lowest BCUT2D eigenvalue weighted by Gasteiger charge is -2.41. The van der Waals surface area contributed by atoms with Crippen LogP contribution in [0.5, 0.6) is 5.75 Å². The number of benzene rings is 1. The summed E-state index contributed by atoms with van der Waals surface area (Å²) in [6.07, 6.45) is 9.10. The highest BCUT2D eigenvalue weighted by molar-refractivity contribution is 5.25. The zero-order valence-corrected chi connectivity index (χ0v) is 18.9. The fraction of sp³-hybridized carbons (Fsp3) is 0.769. The summed E-state index contributed by atoms with van der Waals surface area (Å²) in [7, 11) is 0. The third kappa shape index (κ3) is 5.41. The largest absolute Gasteiger partial charge is 0.432 e. The number of hydrogen-bond acceptors (Lipinski definition) is 1. The zero-order valence-electron chi connectivity index (χ0n) is 18.9. The quantitative estimate of drug-likeness (QED) is 0.312. The SMILES string of the molecule is CC1CCC(C2CCC(C3CCC(C(F)(F)Oc4cc(F)c(F)c(F)c4)CC3)CC2)CC1.[HH].[HH].[HH]. The second-order valence-corrected chi connectivity index (χ2v) is 10.7. The van der Waals surface area contributed by atoms with E-state index in [1.807, 2.05) is 0 Å². The lowest BCUT2D eigenvalue weighted by atomic mass is 9.65. The molecule has 0 bridgehead atoms. The molecule has 6 heteroatoms. The third-order valence-electron chi connectivity index (χ3n) is 8.67. The van der Waals surface area contributed by atoms with Gasteiger partial charge in [0.25, 0.3) is 0 Å². The average molecular weight is 465 g/mol. The summed E-state index contributed by atoms with van der Waals surface area (Å²) in [5.41, 5.74) is 0. The van der Waals surface area contributed by atoms with E-state index in [1.165, 1.54) is 51.4 Å². The fourth-order valence-electron chi connectivity index (χ4n) is 6.60. The van der Waals surface area contributed by atoms with Gasteiger partial charge >= 0.3 is 6.11 Å². The normalized spacial score (nSPS) is 34.3. The molecule has 3 aliphatic rings. The van der Waals surface area contributed by atoms with Crippen molar-refractivity contribution in [3.63, 3.8) is 0 Å². The topological polar surface area (TPSA) is 9.23 Å². The van der Waals surface area contributed by atoms with E-state index in [1.54, 1.807) is 0 Å². The van der Waals surface area contributed by atoms with Crippen LogP contribution in [0.1, 0.15) is 88.3 Å². The maximum absolute atomic E-state index is 14.7. The first-order chi connectivity index (χ1) is 15.2. The second kappa shape index (κ2) is 9.89. The predicted molar refractivity (Wildman–Crippen MR) is 120 cm³/mol. The van der Waals surface area contributed by atoms with Crippen molar-refractivity contribution in [2.24, 2.45) is 35.5 Å². The van der Waals surface area contributed by atoms with Crippen LogP contribution in [0.3, 0.4) is 0 Å². The fourth-order valence-corrected chi connectivity index (χ4v) is 6.60. The smallest absolute Gasteiger partial charge is 0.400 e. The summed E-state index contributed by atoms with van der Waals surface area (Å²) < 4.78 is 73.7. The Balaban J connectivity index is 0.00000204. The maximum Gasteiger partial charge on any atom is 0.400 e. The van der Waals surface area contributed by atoms with Gasteiger partial charge in [-0.05, 0) is 93.8 Å². The highest BCUT2D eigenvalue weighted by Gasteiger charge is 2.45. The van der Waals surface area contributed by atoms with E-state index in [4.69, 9.17) is 0 Å². The van der Waals surface area contributed by atoms with Crippen LogP contribution in [-0.2, 0) is 0 Å². The first kappa shape index (κ1) is 23.8. The van der Waals surface area contributed by atoms with Crippen LogP contribution in [0, 0.1) is 53.0 Å². The van der Waals surface area contributed by atoms with Crippen molar-refractivity contribution >= 4 is 0 Å². The molecular formula is C26H41F5O. The lowest BCUT2D eigenvalue weighted by Crippen LogP contribution is -2.38. The van der Waals surface area contributed by atoms with Gasteiger partial charge in [0.15, 0.2) is 17.5 Å². The Morgan fingerprint density at radius 1 is 0.688 bits per heavy atom. The molecule has 32 heavy (non-hydrogen) atoms. The van der Waals surface area contributed by atoms with Gasteiger partial charge in [-0.25, -0.2) is 13.2 Å². The lowest BCUT2D eigenvalue weighted by molar-refractivity contribution is -0.224. The summed E-state index contributed by atoms with van der Waals surface area (Å²) in [5, 5.41) is 0. The van der Waals surface area contributed by atoms with Gasteiger partial charge in [0.2, 0.25) is 0 Å². The molecule has 0 aliphatic heterocycles. The van der Waals surface area contributed by atoms with Crippen LogP contribution in [0.15, 0.2) is 12.1 Å². The molecule has 4 rings (SSSR count). The zero-order chi connectivity index (χ0) is 22.9. The van der Waals surface area contributed by atoms with E-state index < -0.39 is 35.2 Å². The highest BCUT2D eigenvalue weighted by Crippen LogP contribution is 2.48. The van der Waals surface area contributed by atoms with Crippen LogP contribution in [0.25, 0.3) is 0 Å². The van der Waals surface area contributed by atoms with Crippen molar-refractivity contribution < 1.29 is 31.0 Å². The molecule has 0 N–H and O–H groups in total.